The van der Waals surface area contributed by atoms with Gasteiger partial charge in [-0.3, -0.25) is 0 Å². The molecule has 0 bridgehead atoms. The van der Waals surface area contributed by atoms with Gasteiger partial charge in [0.05, 0.1) is 0 Å². The normalized spacial score (nSPS) is 14.8. The number of halogens is 1. The summed E-state index contributed by atoms with van der Waals surface area (Å²) in [6.45, 7) is 10.0. The Morgan fingerprint density at radius 2 is 1.76 bits per heavy atom. The Hall–Kier alpha value is -2.31. The van der Waals surface area contributed by atoms with Crippen molar-refractivity contribution in [2.75, 3.05) is 0 Å². The third-order valence-corrected chi connectivity index (χ3v) is 3.17. The van der Waals surface area contributed by atoms with Crippen molar-refractivity contribution in [1.29, 1.82) is 0 Å². The van der Waals surface area contributed by atoms with Gasteiger partial charge in [0.1, 0.15) is 35.4 Å². The van der Waals surface area contributed by atoms with Crippen LogP contribution in [0, 0.1) is 5.82 Å². The van der Waals surface area contributed by atoms with Gasteiger partial charge in [0.15, 0.2) is 0 Å². The van der Waals surface area contributed by atoms with Crippen molar-refractivity contribution in [3.05, 3.63) is 30.1 Å². The third-order valence-electron chi connectivity index (χ3n) is 3.17. The van der Waals surface area contributed by atoms with E-state index in [0.29, 0.717) is 5.75 Å². The van der Waals surface area contributed by atoms with Gasteiger partial charge < -0.3 is 19.5 Å². The van der Waals surface area contributed by atoms with Gasteiger partial charge in [-0.1, -0.05) is 6.07 Å². The number of hydrogen-bond acceptors (Lipinski definition) is 5. The molecular formula is C18H26FNO5. The van der Waals surface area contributed by atoms with E-state index in [2.05, 4.69) is 5.32 Å². The Balaban J connectivity index is 2.50. The molecule has 0 aliphatic heterocycles. The first-order valence-electron chi connectivity index (χ1n) is 8.10. The maximum atomic E-state index is 13.2. The molecule has 1 N–H and O–H groups in total. The summed E-state index contributed by atoms with van der Waals surface area (Å²) in [5.41, 5.74) is -0.658. The van der Waals surface area contributed by atoms with Gasteiger partial charge in [0.25, 0.3) is 0 Å². The molecule has 0 radical (unpaired) electrons. The Labute approximate surface area is 147 Å². The van der Waals surface area contributed by atoms with Crippen LogP contribution in [0.4, 0.5) is 9.18 Å². The average Bonchev–Trinajstić information content (AvgIpc) is 2.44. The Morgan fingerprint density at radius 1 is 1.12 bits per heavy atom. The minimum atomic E-state index is -0.876. The van der Waals surface area contributed by atoms with Crippen LogP contribution in [0.2, 0.25) is 0 Å². The largest absolute Gasteiger partial charge is 0.487 e. The van der Waals surface area contributed by atoms with Gasteiger partial charge in [-0.15, -0.1) is 0 Å². The summed E-state index contributed by atoms with van der Waals surface area (Å²) >= 11 is 0. The van der Waals surface area contributed by atoms with Crippen molar-refractivity contribution in [1.82, 2.24) is 5.32 Å². The summed E-state index contributed by atoms with van der Waals surface area (Å²) in [6.07, 6.45) is -1.80. The lowest BCUT2D eigenvalue weighted by atomic mass is 10.2. The second-order valence-corrected chi connectivity index (χ2v) is 6.79. The highest BCUT2D eigenvalue weighted by atomic mass is 19.1. The lowest BCUT2D eigenvalue weighted by Gasteiger charge is -2.24. The Bertz CT molecular complexity index is 599. The molecule has 140 valence electrons. The predicted octanol–water partition coefficient (Wildman–Crippen LogP) is 3.44. The molecule has 0 aliphatic rings. The van der Waals surface area contributed by atoms with E-state index in [1.54, 1.807) is 40.7 Å². The van der Waals surface area contributed by atoms with Crippen LogP contribution < -0.4 is 10.1 Å². The van der Waals surface area contributed by atoms with E-state index >= 15 is 0 Å². The molecular weight excluding hydrogens is 329 g/mol. The maximum absolute atomic E-state index is 13.2. The lowest BCUT2D eigenvalue weighted by molar-refractivity contribution is -0.154. The Morgan fingerprint density at radius 3 is 2.32 bits per heavy atom. The monoisotopic (exact) mass is 355 g/mol. The zero-order valence-corrected chi connectivity index (χ0v) is 15.5. The van der Waals surface area contributed by atoms with Crippen molar-refractivity contribution in [3.8, 4) is 5.75 Å². The van der Waals surface area contributed by atoms with Crippen molar-refractivity contribution >= 4 is 12.1 Å². The molecule has 0 spiro atoms. The molecule has 3 atom stereocenters. The lowest BCUT2D eigenvalue weighted by Crippen LogP contribution is -2.44. The smallest absolute Gasteiger partial charge is 0.408 e. The SMILES string of the molecule is C[C@H](NC(=O)OC(C)(C)C)C(=O)O[C@@H](C)[C@@H](C)Oc1cccc(F)c1. The molecule has 25 heavy (non-hydrogen) atoms. The molecule has 0 saturated carbocycles. The van der Waals surface area contributed by atoms with Gasteiger partial charge in [0, 0.05) is 6.07 Å². The molecule has 0 unspecified atom stereocenters. The van der Waals surface area contributed by atoms with E-state index in [4.69, 9.17) is 14.2 Å². The molecule has 7 heteroatoms. The zero-order chi connectivity index (χ0) is 19.2. The molecule has 0 saturated heterocycles. The molecule has 0 aromatic heterocycles. The number of alkyl carbamates (subject to hydrolysis) is 1. The highest BCUT2D eigenvalue weighted by Gasteiger charge is 2.25. The van der Waals surface area contributed by atoms with E-state index in [1.807, 2.05) is 0 Å². The fourth-order valence-corrected chi connectivity index (χ4v) is 1.78. The minimum absolute atomic E-state index is 0.343. The van der Waals surface area contributed by atoms with Gasteiger partial charge in [0.2, 0.25) is 0 Å². The first kappa shape index (κ1) is 20.7. The Kier molecular flexibility index (Phi) is 7.21. The number of hydrogen-bond donors (Lipinski definition) is 1. The van der Waals surface area contributed by atoms with Crippen LogP contribution in [0.5, 0.6) is 5.75 Å². The minimum Gasteiger partial charge on any atom is -0.487 e. The van der Waals surface area contributed by atoms with Crippen LogP contribution in [0.1, 0.15) is 41.5 Å². The fourth-order valence-electron chi connectivity index (χ4n) is 1.78. The summed E-state index contributed by atoms with van der Waals surface area (Å²) in [5, 5.41) is 2.41. The second kappa shape index (κ2) is 8.69. The van der Waals surface area contributed by atoms with Crippen LogP contribution in [-0.2, 0) is 14.3 Å². The number of rotatable bonds is 6. The topological polar surface area (TPSA) is 73.9 Å². The first-order valence-corrected chi connectivity index (χ1v) is 8.10. The molecule has 1 aromatic carbocycles. The summed E-state index contributed by atoms with van der Waals surface area (Å²) < 4.78 is 29.1. The molecule has 6 nitrogen and oxygen atoms in total. The van der Waals surface area contributed by atoms with Crippen LogP contribution in [0.25, 0.3) is 0 Å². The molecule has 0 aliphatic carbocycles. The highest BCUT2D eigenvalue weighted by Crippen LogP contribution is 2.16. The van der Waals surface area contributed by atoms with E-state index in [0.717, 1.165) is 0 Å². The van der Waals surface area contributed by atoms with E-state index in [-0.39, 0.29) is 0 Å². The van der Waals surface area contributed by atoms with Crippen molar-refractivity contribution in [2.45, 2.75) is 65.4 Å². The van der Waals surface area contributed by atoms with E-state index < -0.39 is 41.7 Å². The highest BCUT2D eigenvalue weighted by molar-refractivity contribution is 5.81. The quantitative estimate of drug-likeness (QED) is 0.791. The van der Waals surface area contributed by atoms with Gasteiger partial charge in [-0.25, -0.2) is 14.0 Å². The summed E-state index contributed by atoms with van der Waals surface area (Å²) in [7, 11) is 0. The molecule has 1 rings (SSSR count). The number of ether oxygens (including phenoxy) is 3. The number of nitrogens with one attached hydrogen (secondary N) is 1. The zero-order valence-electron chi connectivity index (χ0n) is 15.5. The number of benzene rings is 1. The summed E-state index contributed by atoms with van der Waals surface area (Å²) in [4.78, 5) is 23.7. The van der Waals surface area contributed by atoms with Crippen LogP contribution >= 0.6 is 0 Å². The van der Waals surface area contributed by atoms with E-state index in [9.17, 15) is 14.0 Å². The summed E-state index contributed by atoms with van der Waals surface area (Å²) in [6, 6.07) is 4.82. The maximum Gasteiger partial charge on any atom is 0.408 e. The van der Waals surface area contributed by atoms with Gasteiger partial charge in [-0.2, -0.15) is 0 Å². The predicted molar refractivity (Wildman–Crippen MR) is 90.9 cm³/mol. The van der Waals surface area contributed by atoms with Crippen LogP contribution in [-0.4, -0.2) is 35.9 Å². The van der Waals surface area contributed by atoms with Gasteiger partial charge >= 0.3 is 12.1 Å². The fraction of sp³-hybridized carbons (Fsp3) is 0.556. The first-order chi connectivity index (χ1) is 11.5. The number of amides is 1. The third kappa shape index (κ3) is 7.87. The van der Waals surface area contributed by atoms with Crippen molar-refractivity contribution in [2.24, 2.45) is 0 Å². The van der Waals surface area contributed by atoms with Gasteiger partial charge in [-0.05, 0) is 53.7 Å². The van der Waals surface area contributed by atoms with Crippen LogP contribution in [0.15, 0.2) is 24.3 Å². The van der Waals surface area contributed by atoms with E-state index in [1.165, 1.54) is 25.1 Å². The molecule has 0 fully saturated rings. The van der Waals surface area contributed by atoms with Crippen LogP contribution in [0.3, 0.4) is 0 Å². The molecule has 1 aromatic rings. The number of carbonyl (C=O) groups excluding carboxylic acids is 2. The molecule has 1 amide bonds. The standard InChI is InChI=1S/C18H26FNO5/c1-11(20-17(22)25-18(4,5)6)16(21)24-13(3)12(2)23-15-9-7-8-14(19)10-15/h7-13H,1-6H3,(H,20,22)/t11-,12+,13-/m0/s1. The molecule has 0 heterocycles. The number of esters is 1. The second-order valence-electron chi connectivity index (χ2n) is 6.79. The van der Waals surface area contributed by atoms with Crippen molar-refractivity contribution < 1.29 is 28.2 Å². The average molecular weight is 355 g/mol. The van der Waals surface area contributed by atoms with Crippen molar-refractivity contribution in [3.63, 3.8) is 0 Å². The number of carbonyl (C=O) groups is 2. The summed E-state index contributed by atoms with van der Waals surface area (Å²) in [5.74, 6) is -0.687.